The lowest BCUT2D eigenvalue weighted by atomic mass is 9.64. The minimum Gasteiger partial charge on any atom is -0.367 e. The van der Waals surface area contributed by atoms with Gasteiger partial charge in [0.2, 0.25) is 0 Å². The Hall–Kier alpha value is -1.48. The van der Waals surface area contributed by atoms with Crippen LogP contribution in [0.2, 0.25) is 0 Å². The first-order chi connectivity index (χ1) is 11.1. The molecule has 2 bridgehead atoms. The van der Waals surface area contributed by atoms with E-state index in [1.165, 1.54) is 5.56 Å². The van der Waals surface area contributed by atoms with E-state index in [4.69, 9.17) is 4.74 Å². The Balaban J connectivity index is 1.86. The molecule has 1 aromatic rings. The number of carbonyl (C=O) groups excluding carboxylic acids is 2. The molecule has 0 N–H and O–H groups in total. The summed E-state index contributed by atoms with van der Waals surface area (Å²) in [7, 11) is 0. The molecule has 2 saturated heterocycles. The molecule has 1 aromatic carbocycles. The molecule has 3 heteroatoms. The summed E-state index contributed by atoms with van der Waals surface area (Å²) in [4.78, 5) is 26.7. The molecule has 2 heterocycles. The molecule has 1 saturated carbocycles. The molecule has 0 radical (unpaired) electrons. The monoisotopic (exact) mass is 326 g/mol. The van der Waals surface area contributed by atoms with Crippen LogP contribution in [0.4, 0.5) is 0 Å². The molecule has 2 unspecified atom stereocenters. The van der Waals surface area contributed by atoms with Gasteiger partial charge in [-0.2, -0.15) is 0 Å². The van der Waals surface area contributed by atoms with Crippen LogP contribution in [-0.4, -0.2) is 22.8 Å². The van der Waals surface area contributed by atoms with Crippen LogP contribution in [0, 0.1) is 38.5 Å². The standard InChI is InChI=1S/C21H26O3/c1-10-7-11(2)14(12(3)8-10)15-18(22)16-17(19(15)23)21(6)13(4)9-20(16,5)24-21/h7-8,13,15-17H,9H2,1-6H3/t13?,15?,16-,17+,20-,21+/m0/s1. The lowest BCUT2D eigenvalue weighted by Crippen LogP contribution is -2.44. The van der Waals surface area contributed by atoms with E-state index in [9.17, 15) is 9.59 Å². The fourth-order valence-electron chi connectivity index (χ4n) is 6.04. The van der Waals surface area contributed by atoms with Crippen molar-refractivity contribution in [3.05, 3.63) is 34.4 Å². The predicted molar refractivity (Wildman–Crippen MR) is 92.1 cm³/mol. The Labute approximate surface area is 143 Å². The van der Waals surface area contributed by atoms with E-state index in [1.807, 2.05) is 27.7 Å². The summed E-state index contributed by atoms with van der Waals surface area (Å²) in [6, 6.07) is 4.16. The largest absolute Gasteiger partial charge is 0.367 e. The van der Waals surface area contributed by atoms with Gasteiger partial charge in [0.05, 0.1) is 23.0 Å². The number of hydrogen-bond donors (Lipinski definition) is 0. The fourth-order valence-corrected chi connectivity index (χ4v) is 6.04. The van der Waals surface area contributed by atoms with Crippen molar-refractivity contribution in [2.45, 2.75) is 65.1 Å². The van der Waals surface area contributed by atoms with Crippen LogP contribution in [0.3, 0.4) is 0 Å². The van der Waals surface area contributed by atoms with Crippen molar-refractivity contribution in [2.24, 2.45) is 17.8 Å². The highest BCUT2D eigenvalue weighted by atomic mass is 16.5. The Morgan fingerprint density at radius 3 is 2.12 bits per heavy atom. The second kappa shape index (κ2) is 4.57. The van der Waals surface area contributed by atoms with Gasteiger partial charge < -0.3 is 4.74 Å². The van der Waals surface area contributed by atoms with Crippen molar-refractivity contribution in [1.82, 2.24) is 0 Å². The van der Waals surface area contributed by atoms with Crippen molar-refractivity contribution in [1.29, 1.82) is 0 Å². The van der Waals surface area contributed by atoms with E-state index in [2.05, 4.69) is 26.0 Å². The van der Waals surface area contributed by atoms with Crippen molar-refractivity contribution in [2.75, 3.05) is 0 Å². The number of ketones is 2. The number of ether oxygens (including phenoxy) is 1. The summed E-state index contributed by atoms with van der Waals surface area (Å²) in [5.74, 6) is -0.705. The zero-order valence-corrected chi connectivity index (χ0v) is 15.4. The molecular formula is C21H26O3. The molecule has 0 aromatic heterocycles. The number of carbonyl (C=O) groups is 2. The van der Waals surface area contributed by atoms with Gasteiger partial charge in [-0.25, -0.2) is 0 Å². The lowest BCUT2D eigenvalue weighted by Gasteiger charge is -2.34. The van der Waals surface area contributed by atoms with Crippen molar-refractivity contribution in [3.8, 4) is 0 Å². The summed E-state index contributed by atoms with van der Waals surface area (Å²) in [5.41, 5.74) is 3.24. The minimum atomic E-state index is -0.603. The number of aryl methyl sites for hydroxylation is 3. The van der Waals surface area contributed by atoms with E-state index in [0.29, 0.717) is 5.92 Å². The smallest absolute Gasteiger partial charge is 0.154 e. The number of fused-ring (bicyclic) bond motifs is 5. The highest BCUT2D eigenvalue weighted by Gasteiger charge is 2.74. The normalized spacial score (nSPS) is 43.6. The second-order valence-corrected chi connectivity index (χ2v) is 8.71. The first-order valence-electron chi connectivity index (χ1n) is 8.95. The lowest BCUT2D eigenvalue weighted by molar-refractivity contribution is -0.132. The van der Waals surface area contributed by atoms with Crippen LogP contribution >= 0.6 is 0 Å². The van der Waals surface area contributed by atoms with Crippen molar-refractivity contribution < 1.29 is 14.3 Å². The topological polar surface area (TPSA) is 43.4 Å². The minimum absolute atomic E-state index is 0.0813. The van der Waals surface area contributed by atoms with E-state index >= 15 is 0 Å². The highest BCUT2D eigenvalue weighted by molar-refractivity contribution is 6.17. The number of rotatable bonds is 1. The molecule has 6 atom stereocenters. The molecule has 24 heavy (non-hydrogen) atoms. The molecule has 2 aliphatic heterocycles. The van der Waals surface area contributed by atoms with Gasteiger partial charge in [-0.1, -0.05) is 24.6 Å². The van der Waals surface area contributed by atoms with E-state index < -0.39 is 17.1 Å². The fraction of sp³-hybridized carbons (Fsp3) is 0.619. The zero-order valence-electron chi connectivity index (χ0n) is 15.4. The average Bonchev–Trinajstić information content (AvgIpc) is 2.94. The first-order valence-corrected chi connectivity index (χ1v) is 8.95. The van der Waals surface area contributed by atoms with Gasteiger partial charge in [0.1, 0.15) is 5.92 Å². The average molecular weight is 326 g/mol. The van der Waals surface area contributed by atoms with Crippen LogP contribution in [0.15, 0.2) is 12.1 Å². The van der Waals surface area contributed by atoms with Crippen LogP contribution in [-0.2, 0) is 14.3 Å². The van der Waals surface area contributed by atoms with Gasteiger partial charge in [0.15, 0.2) is 11.6 Å². The maximum Gasteiger partial charge on any atom is 0.154 e. The van der Waals surface area contributed by atoms with E-state index in [1.54, 1.807) is 0 Å². The SMILES string of the molecule is Cc1cc(C)c(C2C(=O)[C@@H]3[C@H](C2=O)[C@]2(C)O[C@@]3(C)CC2C)c(C)c1. The molecule has 0 amide bonds. The van der Waals surface area contributed by atoms with Gasteiger partial charge in [0.25, 0.3) is 0 Å². The van der Waals surface area contributed by atoms with Crippen molar-refractivity contribution >= 4 is 11.6 Å². The van der Waals surface area contributed by atoms with Gasteiger partial charge in [-0.15, -0.1) is 0 Å². The molecule has 128 valence electrons. The number of hydrogen-bond acceptors (Lipinski definition) is 3. The molecule has 3 aliphatic rings. The Morgan fingerprint density at radius 2 is 1.54 bits per heavy atom. The van der Waals surface area contributed by atoms with E-state index in [-0.39, 0.29) is 23.4 Å². The summed E-state index contributed by atoms with van der Waals surface area (Å²) in [6.45, 7) is 12.3. The molecule has 3 nitrogen and oxygen atoms in total. The quantitative estimate of drug-likeness (QED) is 0.740. The summed E-state index contributed by atoms with van der Waals surface area (Å²) < 4.78 is 6.29. The van der Waals surface area contributed by atoms with Crippen LogP contribution in [0.5, 0.6) is 0 Å². The Bertz CT molecular complexity index is 756. The third-order valence-corrected chi connectivity index (χ3v) is 6.96. The van der Waals surface area contributed by atoms with E-state index in [0.717, 1.165) is 23.1 Å². The number of benzene rings is 1. The maximum absolute atomic E-state index is 13.4. The van der Waals surface area contributed by atoms with Gasteiger partial charge in [-0.05, 0) is 63.6 Å². The van der Waals surface area contributed by atoms with Gasteiger partial charge in [-0.3, -0.25) is 9.59 Å². The van der Waals surface area contributed by atoms with Crippen LogP contribution in [0.1, 0.15) is 55.4 Å². The second-order valence-electron chi connectivity index (χ2n) is 8.71. The van der Waals surface area contributed by atoms with Gasteiger partial charge >= 0.3 is 0 Å². The summed E-state index contributed by atoms with van der Waals surface area (Å²) in [6.07, 6.45) is 0.863. The van der Waals surface area contributed by atoms with Crippen molar-refractivity contribution in [3.63, 3.8) is 0 Å². The molecular weight excluding hydrogens is 300 g/mol. The summed E-state index contributed by atoms with van der Waals surface area (Å²) >= 11 is 0. The highest BCUT2D eigenvalue weighted by Crippen LogP contribution is 2.64. The van der Waals surface area contributed by atoms with Crippen LogP contribution < -0.4 is 0 Å². The molecule has 0 spiro atoms. The van der Waals surface area contributed by atoms with Crippen LogP contribution in [0.25, 0.3) is 0 Å². The third kappa shape index (κ3) is 1.72. The Morgan fingerprint density at radius 1 is 1.00 bits per heavy atom. The maximum atomic E-state index is 13.4. The first kappa shape index (κ1) is 16.0. The molecule has 4 rings (SSSR count). The third-order valence-electron chi connectivity index (χ3n) is 6.96. The molecule has 3 fully saturated rings. The Kier molecular flexibility index (Phi) is 3.05. The number of Topliss-reactive ketones (excluding diaryl/α,β-unsaturated/α-hetero) is 2. The predicted octanol–water partition coefficient (Wildman–Crippen LogP) is 3.67. The van der Waals surface area contributed by atoms with Gasteiger partial charge in [0, 0.05) is 0 Å². The molecule has 1 aliphatic carbocycles. The summed E-state index contributed by atoms with van der Waals surface area (Å²) in [5, 5.41) is 0. The zero-order chi connectivity index (χ0) is 17.6.